The van der Waals surface area contributed by atoms with Crippen molar-refractivity contribution in [2.45, 2.75) is 57.8 Å². The number of ether oxygens (including phenoxy) is 1. The highest BCUT2D eigenvalue weighted by Gasteiger charge is 2.32. The minimum absolute atomic E-state index is 0.00352. The van der Waals surface area contributed by atoms with Gasteiger partial charge in [0.2, 0.25) is 0 Å². The van der Waals surface area contributed by atoms with Crippen LogP contribution in [0.15, 0.2) is 24.3 Å². The lowest BCUT2D eigenvalue weighted by Crippen LogP contribution is -2.49. The van der Waals surface area contributed by atoms with E-state index < -0.39 is 6.61 Å². The summed E-state index contributed by atoms with van der Waals surface area (Å²) >= 11 is 0. The molecule has 0 saturated carbocycles. The first kappa shape index (κ1) is 16.2. The van der Waals surface area contributed by atoms with Gasteiger partial charge in [-0.2, -0.15) is 8.78 Å². The van der Waals surface area contributed by atoms with Gasteiger partial charge in [0.15, 0.2) is 0 Å². The van der Waals surface area contributed by atoms with E-state index in [4.69, 9.17) is 5.73 Å². The van der Waals surface area contributed by atoms with E-state index in [-0.39, 0.29) is 11.8 Å². The Hall–Kier alpha value is -1.20. The maximum atomic E-state index is 12.6. The molecule has 1 aliphatic heterocycles. The van der Waals surface area contributed by atoms with E-state index >= 15 is 0 Å². The summed E-state index contributed by atoms with van der Waals surface area (Å²) in [6.45, 7) is 2.00. The van der Waals surface area contributed by atoms with Crippen LogP contribution in [-0.4, -0.2) is 30.1 Å². The van der Waals surface area contributed by atoms with Crippen molar-refractivity contribution < 1.29 is 13.5 Å². The van der Waals surface area contributed by atoms with Gasteiger partial charge < -0.3 is 10.5 Å². The van der Waals surface area contributed by atoms with E-state index in [1.54, 1.807) is 12.1 Å². The van der Waals surface area contributed by atoms with Gasteiger partial charge in [0, 0.05) is 30.2 Å². The number of piperidine rings is 1. The molecular formula is C16H24F2N2O. The molecule has 1 heterocycles. The fourth-order valence-corrected chi connectivity index (χ4v) is 3.43. The number of rotatable bonds is 5. The molecule has 2 N–H and O–H groups in total. The van der Waals surface area contributed by atoms with Crippen LogP contribution >= 0.6 is 0 Å². The van der Waals surface area contributed by atoms with E-state index in [1.165, 1.54) is 6.42 Å². The summed E-state index contributed by atoms with van der Waals surface area (Å²) in [7, 11) is 0. The second kappa shape index (κ2) is 7.18. The van der Waals surface area contributed by atoms with Gasteiger partial charge in [0.25, 0.3) is 0 Å². The van der Waals surface area contributed by atoms with Crippen LogP contribution in [0.5, 0.6) is 5.75 Å². The molecule has 0 amide bonds. The van der Waals surface area contributed by atoms with Crippen LogP contribution in [0, 0.1) is 0 Å². The lowest BCUT2D eigenvalue weighted by Gasteiger charge is -2.44. The van der Waals surface area contributed by atoms with Crippen molar-refractivity contribution in [1.29, 1.82) is 0 Å². The normalized spacial score (nSPS) is 25.0. The number of alkyl halides is 2. The van der Waals surface area contributed by atoms with E-state index in [0.29, 0.717) is 18.6 Å². The topological polar surface area (TPSA) is 38.5 Å². The fraction of sp³-hybridized carbons (Fsp3) is 0.625. The van der Waals surface area contributed by atoms with Crippen LogP contribution in [0.4, 0.5) is 8.78 Å². The highest BCUT2D eigenvalue weighted by Crippen LogP contribution is 2.36. The quantitative estimate of drug-likeness (QED) is 0.903. The minimum Gasteiger partial charge on any atom is -0.434 e. The molecule has 0 bridgehead atoms. The van der Waals surface area contributed by atoms with E-state index in [1.807, 2.05) is 19.1 Å². The van der Waals surface area contributed by atoms with Crippen molar-refractivity contribution >= 4 is 0 Å². The summed E-state index contributed by atoms with van der Waals surface area (Å²) < 4.78 is 29.8. The average molecular weight is 298 g/mol. The lowest BCUT2D eigenvalue weighted by atomic mass is 9.92. The minimum atomic E-state index is -2.80. The Morgan fingerprint density at radius 3 is 2.71 bits per heavy atom. The predicted octanol–water partition coefficient (Wildman–Crippen LogP) is 3.55. The monoisotopic (exact) mass is 298 g/mol. The second-order valence-electron chi connectivity index (χ2n) is 5.71. The van der Waals surface area contributed by atoms with Crippen LogP contribution < -0.4 is 10.5 Å². The highest BCUT2D eigenvalue weighted by atomic mass is 19.3. The first-order valence-electron chi connectivity index (χ1n) is 7.55. The molecule has 0 aliphatic carbocycles. The van der Waals surface area contributed by atoms with Crippen molar-refractivity contribution in [3.05, 3.63) is 29.8 Å². The van der Waals surface area contributed by atoms with E-state index in [0.717, 1.165) is 18.4 Å². The average Bonchev–Trinajstić information content (AvgIpc) is 2.46. The van der Waals surface area contributed by atoms with Gasteiger partial charge in [0.1, 0.15) is 5.75 Å². The Morgan fingerprint density at radius 2 is 2.05 bits per heavy atom. The molecule has 3 unspecified atom stereocenters. The molecule has 0 radical (unpaired) electrons. The number of likely N-dealkylation sites (tertiary alicyclic amines) is 1. The van der Waals surface area contributed by atoms with Crippen LogP contribution in [0.2, 0.25) is 0 Å². The number of benzene rings is 1. The summed E-state index contributed by atoms with van der Waals surface area (Å²) in [6, 6.07) is 7.72. The van der Waals surface area contributed by atoms with Crippen LogP contribution in [-0.2, 0) is 0 Å². The summed E-state index contributed by atoms with van der Waals surface area (Å²) in [5.74, 6) is 0.258. The van der Waals surface area contributed by atoms with Gasteiger partial charge >= 0.3 is 6.61 Å². The molecule has 1 aromatic rings. The van der Waals surface area contributed by atoms with Crippen LogP contribution in [0.3, 0.4) is 0 Å². The lowest BCUT2D eigenvalue weighted by molar-refractivity contribution is -0.0517. The first-order chi connectivity index (χ1) is 10.0. The second-order valence-corrected chi connectivity index (χ2v) is 5.71. The SMILES string of the molecule is CC1CCCC(CN)N1C(C)c1ccccc1OC(F)F. The molecular weight excluding hydrogens is 274 g/mol. The zero-order valence-corrected chi connectivity index (χ0v) is 12.6. The largest absolute Gasteiger partial charge is 0.434 e. The number of nitrogens with zero attached hydrogens (tertiary/aromatic N) is 1. The number of hydrogen-bond donors (Lipinski definition) is 1. The molecule has 1 saturated heterocycles. The Balaban J connectivity index is 2.27. The number of hydrogen-bond acceptors (Lipinski definition) is 3. The van der Waals surface area contributed by atoms with E-state index in [2.05, 4.69) is 16.6 Å². The Morgan fingerprint density at radius 1 is 1.33 bits per heavy atom. The maximum Gasteiger partial charge on any atom is 0.387 e. The molecule has 3 atom stereocenters. The molecule has 2 rings (SSSR count). The molecule has 1 fully saturated rings. The molecule has 0 aromatic heterocycles. The molecule has 21 heavy (non-hydrogen) atoms. The zero-order chi connectivity index (χ0) is 15.4. The predicted molar refractivity (Wildman–Crippen MR) is 79.5 cm³/mol. The molecule has 5 heteroatoms. The molecule has 1 aliphatic rings. The third-order valence-electron chi connectivity index (χ3n) is 4.39. The smallest absolute Gasteiger partial charge is 0.387 e. The molecule has 3 nitrogen and oxygen atoms in total. The molecule has 1 aromatic carbocycles. The van der Waals surface area contributed by atoms with Crippen molar-refractivity contribution in [3.8, 4) is 5.75 Å². The van der Waals surface area contributed by atoms with Gasteiger partial charge in [-0.15, -0.1) is 0 Å². The Bertz CT molecular complexity index is 456. The maximum absolute atomic E-state index is 12.6. The van der Waals surface area contributed by atoms with Gasteiger partial charge in [-0.3, -0.25) is 4.90 Å². The fourth-order valence-electron chi connectivity index (χ4n) is 3.43. The number of para-hydroxylation sites is 1. The summed E-state index contributed by atoms with van der Waals surface area (Å²) in [5.41, 5.74) is 6.69. The summed E-state index contributed by atoms with van der Waals surface area (Å²) in [4.78, 5) is 2.34. The van der Waals surface area contributed by atoms with Gasteiger partial charge in [-0.25, -0.2) is 0 Å². The van der Waals surface area contributed by atoms with Crippen LogP contribution in [0.1, 0.15) is 44.7 Å². The third kappa shape index (κ3) is 3.71. The summed E-state index contributed by atoms with van der Waals surface area (Å²) in [6.07, 6.45) is 3.34. The van der Waals surface area contributed by atoms with Gasteiger partial charge in [-0.05, 0) is 32.8 Å². The zero-order valence-electron chi connectivity index (χ0n) is 12.6. The van der Waals surface area contributed by atoms with Crippen molar-refractivity contribution in [2.24, 2.45) is 5.73 Å². The Kier molecular flexibility index (Phi) is 5.53. The third-order valence-corrected chi connectivity index (χ3v) is 4.39. The highest BCUT2D eigenvalue weighted by molar-refractivity contribution is 5.36. The Labute approximate surface area is 125 Å². The first-order valence-corrected chi connectivity index (χ1v) is 7.55. The standard InChI is InChI=1S/C16H24F2N2O/c1-11-6-5-7-13(10-19)20(11)12(2)14-8-3-4-9-15(14)21-16(17)18/h3-4,8-9,11-13,16H,5-7,10,19H2,1-2H3. The van der Waals surface area contributed by atoms with Crippen molar-refractivity contribution in [2.75, 3.05) is 6.54 Å². The number of nitrogens with two attached hydrogens (primary N) is 1. The van der Waals surface area contributed by atoms with E-state index in [9.17, 15) is 8.78 Å². The van der Waals surface area contributed by atoms with Crippen molar-refractivity contribution in [3.63, 3.8) is 0 Å². The van der Waals surface area contributed by atoms with Gasteiger partial charge in [0.05, 0.1) is 0 Å². The summed E-state index contributed by atoms with van der Waals surface area (Å²) in [5, 5.41) is 0. The van der Waals surface area contributed by atoms with Crippen LogP contribution in [0.25, 0.3) is 0 Å². The molecule has 0 spiro atoms. The van der Waals surface area contributed by atoms with Gasteiger partial charge in [-0.1, -0.05) is 24.6 Å². The molecule has 118 valence electrons. The van der Waals surface area contributed by atoms with Crippen molar-refractivity contribution in [1.82, 2.24) is 4.90 Å². The number of halogens is 2.